The molecule has 104 valence electrons. The first-order chi connectivity index (χ1) is 9.16. The zero-order valence-corrected chi connectivity index (χ0v) is 11.6. The highest BCUT2D eigenvalue weighted by Crippen LogP contribution is 2.45. The molecular weight excluding hydrogens is 242 g/mol. The van der Waals surface area contributed by atoms with E-state index in [1.165, 1.54) is 32.1 Å². The maximum Gasteiger partial charge on any atom is 0.162 e. The minimum Gasteiger partial charge on any atom is -0.203 e. The van der Waals surface area contributed by atoms with Crippen LogP contribution in [0.2, 0.25) is 0 Å². The van der Waals surface area contributed by atoms with Crippen LogP contribution in [0.25, 0.3) is 0 Å². The minimum absolute atomic E-state index is 0.228. The van der Waals surface area contributed by atoms with Gasteiger partial charge in [0.1, 0.15) is 0 Å². The van der Waals surface area contributed by atoms with Gasteiger partial charge in [0.2, 0.25) is 0 Å². The van der Waals surface area contributed by atoms with Crippen LogP contribution in [0.5, 0.6) is 0 Å². The number of halogens is 2. The third-order valence-corrected chi connectivity index (χ3v) is 5.33. The summed E-state index contributed by atoms with van der Waals surface area (Å²) in [5.74, 6) is 0.751. The van der Waals surface area contributed by atoms with Gasteiger partial charge in [0.15, 0.2) is 11.6 Å². The standard InChI is InChI=1S/C17H22F2/c1-11-5-10-15(17(19)16(11)18)14-8-6-13(7-9-14)12-3-2-4-12/h5,10,12-14H,2-4,6-9H2,1H3. The summed E-state index contributed by atoms with van der Waals surface area (Å²) in [4.78, 5) is 0. The summed E-state index contributed by atoms with van der Waals surface area (Å²) in [6.07, 6.45) is 8.63. The monoisotopic (exact) mass is 264 g/mol. The summed E-state index contributed by atoms with van der Waals surface area (Å²) in [6.45, 7) is 1.62. The summed E-state index contributed by atoms with van der Waals surface area (Å²) in [5, 5.41) is 0. The van der Waals surface area contributed by atoms with Crippen molar-refractivity contribution >= 4 is 0 Å². The largest absolute Gasteiger partial charge is 0.203 e. The Labute approximate surface area is 114 Å². The summed E-state index contributed by atoms with van der Waals surface area (Å²) in [7, 11) is 0. The highest BCUT2D eigenvalue weighted by Gasteiger charge is 2.32. The van der Waals surface area contributed by atoms with Crippen molar-refractivity contribution in [3.8, 4) is 0 Å². The van der Waals surface area contributed by atoms with Crippen molar-refractivity contribution in [2.75, 3.05) is 0 Å². The fourth-order valence-corrected chi connectivity index (χ4v) is 3.79. The maximum absolute atomic E-state index is 14.0. The third kappa shape index (κ3) is 2.42. The van der Waals surface area contributed by atoms with Gasteiger partial charge in [0, 0.05) is 0 Å². The summed E-state index contributed by atoms with van der Waals surface area (Å²) in [6, 6.07) is 3.51. The van der Waals surface area contributed by atoms with Crippen molar-refractivity contribution < 1.29 is 8.78 Å². The van der Waals surface area contributed by atoms with Crippen LogP contribution in [0.4, 0.5) is 8.78 Å². The van der Waals surface area contributed by atoms with E-state index in [9.17, 15) is 8.78 Å². The molecule has 0 aromatic heterocycles. The molecule has 0 nitrogen and oxygen atoms in total. The van der Waals surface area contributed by atoms with Crippen LogP contribution >= 0.6 is 0 Å². The normalized spacial score (nSPS) is 28.2. The lowest BCUT2D eigenvalue weighted by molar-refractivity contribution is 0.153. The van der Waals surface area contributed by atoms with Crippen LogP contribution in [0.3, 0.4) is 0 Å². The van der Waals surface area contributed by atoms with E-state index in [2.05, 4.69) is 0 Å². The van der Waals surface area contributed by atoms with Gasteiger partial charge in [-0.05, 0) is 61.5 Å². The molecule has 0 saturated heterocycles. The molecular formula is C17H22F2. The van der Waals surface area contributed by atoms with Crippen molar-refractivity contribution in [2.45, 2.75) is 57.8 Å². The molecule has 0 unspecified atom stereocenters. The first-order valence-corrected chi connectivity index (χ1v) is 7.61. The van der Waals surface area contributed by atoms with Gasteiger partial charge in [-0.15, -0.1) is 0 Å². The van der Waals surface area contributed by atoms with Crippen molar-refractivity contribution in [3.05, 3.63) is 34.9 Å². The van der Waals surface area contributed by atoms with Crippen LogP contribution in [-0.4, -0.2) is 0 Å². The van der Waals surface area contributed by atoms with Gasteiger partial charge < -0.3 is 0 Å². The fourth-order valence-electron chi connectivity index (χ4n) is 3.79. The molecule has 2 aliphatic carbocycles. The summed E-state index contributed by atoms with van der Waals surface area (Å²) in [5.41, 5.74) is 1.01. The van der Waals surface area contributed by atoms with E-state index in [0.29, 0.717) is 11.1 Å². The van der Waals surface area contributed by atoms with Gasteiger partial charge >= 0.3 is 0 Å². The molecule has 19 heavy (non-hydrogen) atoms. The number of hydrogen-bond donors (Lipinski definition) is 0. The fraction of sp³-hybridized carbons (Fsp3) is 0.647. The van der Waals surface area contributed by atoms with Crippen molar-refractivity contribution in [3.63, 3.8) is 0 Å². The topological polar surface area (TPSA) is 0 Å². The van der Waals surface area contributed by atoms with Gasteiger partial charge in [-0.1, -0.05) is 31.4 Å². The van der Waals surface area contributed by atoms with Gasteiger partial charge in [-0.2, -0.15) is 0 Å². The van der Waals surface area contributed by atoms with Crippen molar-refractivity contribution in [1.29, 1.82) is 0 Å². The van der Waals surface area contributed by atoms with Gasteiger partial charge in [0.05, 0.1) is 0 Å². The minimum atomic E-state index is -0.654. The molecule has 0 amide bonds. The second-order valence-electron chi connectivity index (χ2n) is 6.40. The Balaban J connectivity index is 1.69. The first kappa shape index (κ1) is 13.1. The molecule has 2 heteroatoms. The smallest absolute Gasteiger partial charge is 0.162 e. The number of rotatable bonds is 2. The SMILES string of the molecule is Cc1ccc(C2CCC(C3CCC3)CC2)c(F)c1F. The zero-order valence-electron chi connectivity index (χ0n) is 11.6. The van der Waals surface area contributed by atoms with E-state index < -0.39 is 11.6 Å². The van der Waals surface area contributed by atoms with Crippen LogP contribution < -0.4 is 0 Å². The van der Waals surface area contributed by atoms with E-state index in [-0.39, 0.29) is 5.92 Å². The van der Waals surface area contributed by atoms with Gasteiger partial charge in [-0.3, -0.25) is 0 Å². The predicted octanol–water partition coefficient (Wildman–Crippen LogP) is 5.35. The molecule has 1 aromatic rings. The molecule has 0 heterocycles. The lowest BCUT2D eigenvalue weighted by Gasteiger charge is -2.38. The molecule has 3 rings (SSSR count). The van der Waals surface area contributed by atoms with E-state index >= 15 is 0 Å². The predicted molar refractivity (Wildman–Crippen MR) is 73.1 cm³/mol. The maximum atomic E-state index is 14.0. The van der Waals surface area contributed by atoms with Crippen molar-refractivity contribution in [2.24, 2.45) is 11.8 Å². The Morgan fingerprint density at radius 3 is 2.05 bits per heavy atom. The van der Waals surface area contributed by atoms with E-state index in [1.807, 2.05) is 0 Å². The Morgan fingerprint density at radius 2 is 1.47 bits per heavy atom. The van der Waals surface area contributed by atoms with Crippen LogP contribution in [-0.2, 0) is 0 Å². The zero-order chi connectivity index (χ0) is 13.4. The van der Waals surface area contributed by atoms with Crippen LogP contribution in [0.15, 0.2) is 12.1 Å². The Bertz CT molecular complexity index is 455. The Kier molecular flexibility index (Phi) is 3.60. The quantitative estimate of drug-likeness (QED) is 0.675. The third-order valence-electron chi connectivity index (χ3n) is 5.33. The lowest BCUT2D eigenvalue weighted by Crippen LogP contribution is -2.26. The van der Waals surface area contributed by atoms with Gasteiger partial charge in [-0.25, -0.2) is 8.78 Å². The Morgan fingerprint density at radius 1 is 0.842 bits per heavy atom. The summed E-state index contributed by atoms with van der Waals surface area (Å²) >= 11 is 0. The molecule has 0 radical (unpaired) electrons. The number of benzene rings is 1. The molecule has 2 aliphatic rings. The van der Waals surface area contributed by atoms with Crippen LogP contribution in [0, 0.1) is 30.4 Å². The number of hydrogen-bond acceptors (Lipinski definition) is 0. The average Bonchev–Trinajstić information content (AvgIpc) is 2.36. The molecule has 0 spiro atoms. The molecule has 0 aliphatic heterocycles. The highest BCUT2D eigenvalue weighted by atomic mass is 19.2. The highest BCUT2D eigenvalue weighted by molar-refractivity contribution is 5.28. The number of aryl methyl sites for hydroxylation is 1. The average molecular weight is 264 g/mol. The molecule has 0 N–H and O–H groups in total. The molecule has 2 fully saturated rings. The Hall–Kier alpha value is -0.920. The second-order valence-corrected chi connectivity index (χ2v) is 6.40. The van der Waals surface area contributed by atoms with Crippen molar-refractivity contribution in [1.82, 2.24) is 0 Å². The van der Waals surface area contributed by atoms with Gasteiger partial charge in [0.25, 0.3) is 0 Å². The van der Waals surface area contributed by atoms with Crippen LogP contribution in [0.1, 0.15) is 62.0 Å². The lowest BCUT2D eigenvalue weighted by atomic mass is 9.67. The molecule has 0 bridgehead atoms. The molecule has 1 aromatic carbocycles. The van der Waals surface area contributed by atoms with E-state index in [4.69, 9.17) is 0 Å². The molecule has 0 atom stereocenters. The second kappa shape index (κ2) is 5.22. The first-order valence-electron chi connectivity index (χ1n) is 7.61. The van der Waals surface area contributed by atoms with E-state index in [1.54, 1.807) is 19.1 Å². The summed E-state index contributed by atoms with van der Waals surface area (Å²) < 4.78 is 27.6. The molecule has 2 saturated carbocycles. The van der Waals surface area contributed by atoms with E-state index in [0.717, 1.165) is 24.7 Å².